The minimum absolute atomic E-state index is 0.594. The Bertz CT molecular complexity index is 461. The Balaban J connectivity index is 2.10. The zero-order valence-electron chi connectivity index (χ0n) is 12.0. The quantitative estimate of drug-likeness (QED) is 0.752. The third-order valence-corrected chi connectivity index (χ3v) is 3.94. The van der Waals surface area contributed by atoms with E-state index in [0.717, 1.165) is 38.1 Å². The molecule has 1 atom stereocenters. The van der Waals surface area contributed by atoms with Crippen molar-refractivity contribution in [3.05, 3.63) is 29.3 Å². The zero-order chi connectivity index (χ0) is 13.7. The number of hydrogen-bond acceptors (Lipinski definition) is 2. The molecule has 1 aliphatic rings. The van der Waals surface area contributed by atoms with Gasteiger partial charge in [-0.1, -0.05) is 18.9 Å². The van der Waals surface area contributed by atoms with Crippen molar-refractivity contribution in [2.75, 3.05) is 20.2 Å². The van der Waals surface area contributed by atoms with Crippen molar-refractivity contribution in [1.29, 1.82) is 0 Å². The first-order valence-electron chi connectivity index (χ1n) is 7.11. The van der Waals surface area contributed by atoms with E-state index in [-0.39, 0.29) is 0 Å². The highest BCUT2D eigenvalue weighted by Gasteiger charge is 2.23. The van der Waals surface area contributed by atoms with Gasteiger partial charge in [0.2, 0.25) is 0 Å². The van der Waals surface area contributed by atoms with Gasteiger partial charge in [-0.15, -0.1) is 6.42 Å². The SMILES string of the molecule is C#CCN(CCC)[C@H]1CCc2cc(OC)ccc2C1. The number of aryl methyl sites for hydroxylation is 1. The van der Waals surface area contributed by atoms with Gasteiger partial charge >= 0.3 is 0 Å². The maximum absolute atomic E-state index is 5.49. The third kappa shape index (κ3) is 3.30. The summed E-state index contributed by atoms with van der Waals surface area (Å²) in [5.41, 5.74) is 2.89. The lowest BCUT2D eigenvalue weighted by atomic mass is 9.87. The molecular weight excluding hydrogens is 234 g/mol. The van der Waals surface area contributed by atoms with Crippen LogP contribution in [0, 0.1) is 12.3 Å². The van der Waals surface area contributed by atoms with Gasteiger partial charge in [0.25, 0.3) is 0 Å². The Morgan fingerprint density at radius 1 is 1.42 bits per heavy atom. The summed E-state index contributed by atoms with van der Waals surface area (Å²) in [7, 11) is 1.73. The van der Waals surface area contributed by atoms with E-state index < -0.39 is 0 Å². The molecule has 0 fully saturated rings. The van der Waals surface area contributed by atoms with Crippen molar-refractivity contribution < 1.29 is 4.74 Å². The fraction of sp³-hybridized carbons (Fsp3) is 0.529. The molecule has 2 nitrogen and oxygen atoms in total. The van der Waals surface area contributed by atoms with E-state index >= 15 is 0 Å². The van der Waals surface area contributed by atoms with Crippen molar-refractivity contribution in [3.63, 3.8) is 0 Å². The van der Waals surface area contributed by atoms with Gasteiger partial charge in [-0.2, -0.15) is 0 Å². The molecule has 1 aromatic carbocycles. The van der Waals surface area contributed by atoms with Crippen LogP contribution < -0.4 is 4.74 Å². The highest BCUT2D eigenvalue weighted by Crippen LogP contribution is 2.27. The fourth-order valence-electron chi connectivity index (χ4n) is 2.95. The minimum atomic E-state index is 0.594. The summed E-state index contributed by atoms with van der Waals surface area (Å²) in [5, 5.41) is 0. The van der Waals surface area contributed by atoms with Crippen LogP contribution in [0.15, 0.2) is 18.2 Å². The van der Waals surface area contributed by atoms with Crippen molar-refractivity contribution in [2.45, 2.75) is 38.6 Å². The van der Waals surface area contributed by atoms with Crippen LogP contribution in [0.5, 0.6) is 5.75 Å². The molecule has 2 heteroatoms. The van der Waals surface area contributed by atoms with Crippen molar-refractivity contribution in [1.82, 2.24) is 4.90 Å². The second-order valence-electron chi connectivity index (χ2n) is 5.21. The molecule has 19 heavy (non-hydrogen) atoms. The van der Waals surface area contributed by atoms with Crippen molar-refractivity contribution >= 4 is 0 Å². The van der Waals surface area contributed by atoms with Gasteiger partial charge in [0.05, 0.1) is 13.7 Å². The molecule has 0 aliphatic heterocycles. The second-order valence-corrected chi connectivity index (χ2v) is 5.21. The predicted molar refractivity (Wildman–Crippen MR) is 79.5 cm³/mol. The number of rotatable bonds is 5. The van der Waals surface area contributed by atoms with Gasteiger partial charge < -0.3 is 4.74 Å². The van der Waals surface area contributed by atoms with Crippen LogP contribution in [0.25, 0.3) is 0 Å². The zero-order valence-corrected chi connectivity index (χ0v) is 12.0. The van der Waals surface area contributed by atoms with E-state index in [9.17, 15) is 0 Å². The largest absolute Gasteiger partial charge is 0.497 e. The van der Waals surface area contributed by atoms with Gasteiger partial charge in [-0.25, -0.2) is 0 Å². The van der Waals surface area contributed by atoms with E-state index in [1.165, 1.54) is 17.5 Å². The summed E-state index contributed by atoms with van der Waals surface area (Å²) < 4.78 is 5.29. The monoisotopic (exact) mass is 257 g/mol. The van der Waals surface area contributed by atoms with E-state index in [2.05, 4.69) is 35.9 Å². The number of fused-ring (bicyclic) bond motifs is 1. The van der Waals surface area contributed by atoms with Crippen LogP contribution in [0.3, 0.4) is 0 Å². The molecule has 0 bridgehead atoms. The summed E-state index contributed by atoms with van der Waals surface area (Å²) in [4.78, 5) is 2.45. The molecule has 1 aromatic rings. The van der Waals surface area contributed by atoms with Crippen LogP contribution in [0.2, 0.25) is 0 Å². The summed E-state index contributed by atoms with van der Waals surface area (Å²) in [5.74, 6) is 3.76. The van der Waals surface area contributed by atoms with Crippen LogP contribution in [0.4, 0.5) is 0 Å². The molecular formula is C17H23NO. The molecule has 1 aliphatic carbocycles. The van der Waals surface area contributed by atoms with Crippen molar-refractivity contribution in [3.8, 4) is 18.1 Å². The second kappa shape index (κ2) is 6.63. The Kier molecular flexibility index (Phi) is 4.87. The number of methoxy groups -OCH3 is 1. The minimum Gasteiger partial charge on any atom is -0.497 e. The lowest BCUT2D eigenvalue weighted by Gasteiger charge is -2.34. The normalized spacial score (nSPS) is 17.9. The number of nitrogens with zero attached hydrogens (tertiary/aromatic N) is 1. The molecule has 0 radical (unpaired) electrons. The first-order chi connectivity index (χ1) is 9.28. The number of hydrogen-bond donors (Lipinski definition) is 0. The highest BCUT2D eigenvalue weighted by molar-refractivity contribution is 5.37. The Morgan fingerprint density at radius 2 is 2.26 bits per heavy atom. The lowest BCUT2D eigenvalue weighted by molar-refractivity contribution is 0.202. The van der Waals surface area contributed by atoms with Gasteiger partial charge in [-0.3, -0.25) is 4.90 Å². The third-order valence-electron chi connectivity index (χ3n) is 3.94. The Hall–Kier alpha value is -1.46. The molecule has 0 unspecified atom stereocenters. The summed E-state index contributed by atoms with van der Waals surface area (Å²) in [6.07, 6.45) is 10.1. The average Bonchev–Trinajstić information content (AvgIpc) is 2.46. The first-order valence-corrected chi connectivity index (χ1v) is 7.11. The molecule has 0 heterocycles. The summed E-state index contributed by atoms with van der Waals surface area (Å²) in [6.45, 7) is 4.08. The molecule has 0 amide bonds. The van der Waals surface area contributed by atoms with E-state index in [1.54, 1.807) is 7.11 Å². The smallest absolute Gasteiger partial charge is 0.119 e. The van der Waals surface area contributed by atoms with Crippen molar-refractivity contribution in [2.24, 2.45) is 0 Å². The summed E-state index contributed by atoms with van der Waals surface area (Å²) in [6, 6.07) is 7.04. The number of terminal acetylenes is 1. The maximum Gasteiger partial charge on any atom is 0.119 e. The van der Waals surface area contributed by atoms with Crippen LogP contribution in [0.1, 0.15) is 30.9 Å². The van der Waals surface area contributed by atoms with Crippen LogP contribution in [-0.4, -0.2) is 31.1 Å². The van der Waals surface area contributed by atoms with E-state index in [0.29, 0.717) is 6.04 Å². The fourth-order valence-corrected chi connectivity index (χ4v) is 2.95. The predicted octanol–water partition coefficient (Wildman–Crippen LogP) is 2.90. The molecule has 0 saturated heterocycles. The summed E-state index contributed by atoms with van der Waals surface area (Å²) >= 11 is 0. The lowest BCUT2D eigenvalue weighted by Crippen LogP contribution is -2.40. The Morgan fingerprint density at radius 3 is 2.95 bits per heavy atom. The van der Waals surface area contributed by atoms with Gasteiger partial charge in [0.15, 0.2) is 0 Å². The average molecular weight is 257 g/mol. The molecule has 0 N–H and O–H groups in total. The van der Waals surface area contributed by atoms with Gasteiger partial charge in [-0.05, 0) is 55.5 Å². The standard InChI is InChI=1S/C17H23NO/c1-4-10-18(11-5-2)16-8-6-15-13-17(19-3)9-7-14(15)12-16/h1,7,9,13,16H,5-6,8,10-12H2,2-3H3/t16-/m0/s1. The number of benzene rings is 1. The maximum atomic E-state index is 5.49. The van der Waals surface area contributed by atoms with E-state index in [1.807, 2.05) is 0 Å². The molecule has 2 rings (SSSR count). The van der Waals surface area contributed by atoms with Gasteiger partial charge in [0, 0.05) is 6.04 Å². The van der Waals surface area contributed by atoms with E-state index in [4.69, 9.17) is 11.2 Å². The molecule has 0 saturated carbocycles. The topological polar surface area (TPSA) is 12.5 Å². The van der Waals surface area contributed by atoms with Gasteiger partial charge in [0.1, 0.15) is 5.75 Å². The molecule has 0 aromatic heterocycles. The molecule has 0 spiro atoms. The van der Waals surface area contributed by atoms with Crippen LogP contribution >= 0.6 is 0 Å². The molecule has 102 valence electrons. The van der Waals surface area contributed by atoms with Crippen LogP contribution in [-0.2, 0) is 12.8 Å². The highest BCUT2D eigenvalue weighted by atomic mass is 16.5. The Labute approximate surface area is 116 Å². The number of ether oxygens (including phenoxy) is 1. The first kappa shape index (κ1) is 14.0.